The topological polar surface area (TPSA) is 223 Å². The number of ether oxygens (including phenoxy) is 7. The lowest BCUT2D eigenvalue weighted by Crippen LogP contribution is -2.82. The highest BCUT2D eigenvalue weighted by molar-refractivity contribution is 6.74. The van der Waals surface area contributed by atoms with E-state index in [0.29, 0.717) is 51.4 Å². The Morgan fingerprint density at radius 2 is 1.16 bits per heavy atom. The van der Waals surface area contributed by atoms with Crippen LogP contribution in [-0.4, -0.2) is 137 Å². The van der Waals surface area contributed by atoms with Crippen LogP contribution in [0.3, 0.4) is 0 Å². The van der Waals surface area contributed by atoms with Gasteiger partial charge in [0.1, 0.15) is 36.6 Å². The van der Waals surface area contributed by atoms with Gasteiger partial charge in [-0.25, -0.2) is 0 Å². The van der Waals surface area contributed by atoms with Crippen molar-refractivity contribution in [1.29, 1.82) is 0 Å². The van der Waals surface area contributed by atoms with Gasteiger partial charge in [0, 0.05) is 25.7 Å². The second-order valence-electron chi connectivity index (χ2n) is 21.5. The molecule has 0 saturated carbocycles. The predicted molar refractivity (Wildman–Crippen MR) is 253 cm³/mol. The maximum atomic E-state index is 14.9. The number of hydrogen-bond donors (Lipinski definition) is 4. The van der Waals surface area contributed by atoms with Crippen molar-refractivity contribution in [2.75, 3.05) is 6.61 Å². The quantitative estimate of drug-likeness (QED) is 0.0235. The molecule has 0 spiro atoms. The fraction of sp³-hybridized carbons (Fsp3) is 0.920. The number of esters is 1. The summed E-state index contributed by atoms with van der Waals surface area (Å²) in [6.45, 7) is 25.1. The molecule has 0 aromatic carbocycles. The first-order valence-corrected chi connectivity index (χ1v) is 28.3. The van der Waals surface area contributed by atoms with Gasteiger partial charge in [0.05, 0.1) is 6.61 Å². The Bertz CT molecular complexity index is 1580. The third kappa shape index (κ3) is 15.1. The van der Waals surface area contributed by atoms with Gasteiger partial charge < -0.3 is 58.0 Å². The molecule has 17 heteroatoms. The van der Waals surface area contributed by atoms with Gasteiger partial charge in [-0.3, -0.25) is 19.2 Å². The van der Waals surface area contributed by atoms with Crippen molar-refractivity contribution in [3.63, 3.8) is 0 Å². The lowest BCUT2D eigenvalue weighted by Gasteiger charge is -2.55. The van der Waals surface area contributed by atoms with Crippen molar-refractivity contribution in [2.45, 2.75) is 288 Å². The zero-order chi connectivity index (χ0) is 50.6. The molecule has 2 unspecified atom stereocenters. The highest BCUT2D eigenvalue weighted by atomic mass is 28.4. The van der Waals surface area contributed by atoms with Crippen molar-refractivity contribution < 1.29 is 77.2 Å². The van der Waals surface area contributed by atoms with Gasteiger partial charge in [0.15, 0.2) is 55.2 Å². The first kappa shape index (κ1) is 59.6. The Kier molecular flexibility index (Phi) is 22.7. The molecule has 11 atom stereocenters. The highest BCUT2D eigenvalue weighted by Gasteiger charge is 2.75. The predicted octanol–water partition coefficient (Wildman–Crippen LogP) is 7.65. The van der Waals surface area contributed by atoms with Gasteiger partial charge >= 0.3 is 5.97 Å². The Labute approximate surface area is 402 Å². The monoisotopic (exact) mass is 975 g/mol. The second kappa shape index (κ2) is 25.6. The number of hydrogen-bond acceptors (Lipinski definition) is 16. The van der Waals surface area contributed by atoms with Crippen LogP contribution in [0.25, 0.3) is 0 Å². The van der Waals surface area contributed by atoms with Crippen LogP contribution in [0.2, 0.25) is 18.1 Å². The van der Waals surface area contributed by atoms with Crippen molar-refractivity contribution in [1.82, 2.24) is 0 Å². The first-order chi connectivity index (χ1) is 31.2. The summed E-state index contributed by atoms with van der Waals surface area (Å²) >= 11 is 0. The molecule has 3 saturated heterocycles. The minimum absolute atomic E-state index is 0.113. The number of ketones is 3. The smallest absolute Gasteiger partial charge is 0.306 e. The maximum Gasteiger partial charge on any atom is 0.306 e. The molecule has 4 N–H and O–H groups in total. The first-order valence-electron chi connectivity index (χ1n) is 25.4. The summed E-state index contributed by atoms with van der Waals surface area (Å²) in [5, 5.41) is 50.3. The average Bonchev–Trinajstić information content (AvgIpc) is 3.78. The summed E-state index contributed by atoms with van der Waals surface area (Å²) < 4.78 is 50.9. The molecule has 0 bridgehead atoms. The van der Waals surface area contributed by atoms with Crippen LogP contribution in [0.5, 0.6) is 0 Å². The molecule has 3 fully saturated rings. The molecule has 3 aliphatic heterocycles. The normalized spacial score (nSPS) is 29.9. The molecule has 16 nitrogen and oxygen atoms in total. The number of carbonyl (C=O) groups excluding carboxylic acids is 4. The van der Waals surface area contributed by atoms with Crippen LogP contribution in [-0.2, 0) is 56.8 Å². The summed E-state index contributed by atoms with van der Waals surface area (Å²) in [6, 6.07) is 0. The third-order valence-electron chi connectivity index (χ3n) is 13.9. The standard InChI is InChI=1S/C50H90O16Si/c1-14-18-22-23-27-31-37(54)60-43-45(62-44(56)41-40(64-48(10,11)65-41)39(34-32-59-47(8,9)63-34)66-67(12,13)46(5,6)7)61-42(38(55)33(51)28-24-19-15-2)49(57,35(52)29-25-20-16-3)50(43,58)36(53)30-26-21-17-4/h34,38-45,55-58H,14-32H2,1-13H3/t34-,38?,39-,40+,41-,42+,43+,44?,45-,49+,50+/m0/s1. The maximum absolute atomic E-state index is 14.9. The molecule has 67 heavy (non-hydrogen) atoms. The van der Waals surface area contributed by atoms with E-state index in [1.54, 1.807) is 27.7 Å². The Hall–Kier alpha value is -1.74. The van der Waals surface area contributed by atoms with Crippen LogP contribution in [0.4, 0.5) is 0 Å². The van der Waals surface area contributed by atoms with Crippen LogP contribution < -0.4 is 0 Å². The molecule has 3 heterocycles. The van der Waals surface area contributed by atoms with Gasteiger partial charge in [0.2, 0.25) is 11.9 Å². The molecule has 390 valence electrons. The molecule has 0 amide bonds. The number of aliphatic hydroxyl groups excluding tert-OH is 2. The van der Waals surface area contributed by atoms with Crippen molar-refractivity contribution in [3.8, 4) is 0 Å². The fourth-order valence-electron chi connectivity index (χ4n) is 8.88. The average molecular weight is 975 g/mol. The lowest BCUT2D eigenvalue weighted by molar-refractivity contribution is -0.377. The van der Waals surface area contributed by atoms with E-state index in [9.17, 15) is 39.6 Å². The van der Waals surface area contributed by atoms with Gasteiger partial charge in [-0.05, 0) is 71.5 Å². The zero-order valence-corrected chi connectivity index (χ0v) is 44.3. The molecular formula is C50H90O16Si. The minimum Gasteiger partial charge on any atom is -0.453 e. The molecule has 3 aliphatic rings. The van der Waals surface area contributed by atoms with Crippen LogP contribution in [0, 0.1) is 0 Å². The molecule has 0 aromatic rings. The van der Waals surface area contributed by atoms with Gasteiger partial charge in [-0.2, -0.15) is 0 Å². The van der Waals surface area contributed by atoms with Crippen molar-refractivity contribution in [2.24, 2.45) is 0 Å². The van der Waals surface area contributed by atoms with E-state index in [4.69, 9.17) is 37.6 Å². The Morgan fingerprint density at radius 3 is 1.69 bits per heavy atom. The molecule has 0 aromatic heterocycles. The number of Topliss-reactive ketones (excluding diaryl/α,β-unsaturated/α-hetero) is 3. The summed E-state index contributed by atoms with van der Waals surface area (Å²) in [6.07, 6.45) is -7.95. The van der Waals surface area contributed by atoms with Crippen molar-refractivity contribution >= 4 is 31.6 Å². The van der Waals surface area contributed by atoms with E-state index in [-0.39, 0.29) is 50.2 Å². The van der Waals surface area contributed by atoms with Gasteiger partial charge in [0.25, 0.3) is 0 Å². The van der Waals surface area contributed by atoms with E-state index in [0.717, 1.165) is 25.7 Å². The number of rotatable bonds is 30. The third-order valence-corrected chi connectivity index (χ3v) is 18.3. The zero-order valence-electron chi connectivity index (χ0n) is 43.3. The van der Waals surface area contributed by atoms with Crippen LogP contribution in [0.15, 0.2) is 0 Å². The molecule has 3 rings (SSSR count). The summed E-state index contributed by atoms with van der Waals surface area (Å²) in [7, 11) is -2.65. The highest BCUT2D eigenvalue weighted by Crippen LogP contribution is 2.47. The van der Waals surface area contributed by atoms with Crippen LogP contribution >= 0.6 is 0 Å². The molecule has 0 aliphatic carbocycles. The SMILES string of the molecule is CCCCCCCC(=O)O[C@@H]1[C@H](OC(O)[C@H]2OC(C)(C)O[C@@H]2[C@@H](O[Si](C)(C)C(C)(C)C)[C@@H]2COC(C)(C)O2)O[C@H](C(O)C(=O)CCCCC)[C@](O)(C(=O)CCCCC)[C@@]1(O)C(=O)CCCCC. The summed E-state index contributed by atoms with van der Waals surface area (Å²) in [5.41, 5.74) is -6.67. The minimum atomic E-state index is -3.35. The summed E-state index contributed by atoms with van der Waals surface area (Å²) in [5.74, 6) is -6.22. The van der Waals surface area contributed by atoms with Crippen molar-refractivity contribution in [3.05, 3.63) is 0 Å². The Balaban J connectivity index is 2.29. The molecular weight excluding hydrogens is 885 g/mol. The Morgan fingerprint density at radius 1 is 0.672 bits per heavy atom. The van der Waals surface area contributed by atoms with Gasteiger partial charge in [-0.15, -0.1) is 0 Å². The van der Waals surface area contributed by atoms with E-state index < -0.39 is 110 Å². The number of aliphatic hydroxyl groups is 4. The van der Waals surface area contributed by atoms with E-state index in [1.165, 1.54) is 0 Å². The lowest BCUT2D eigenvalue weighted by atomic mass is 9.64. The van der Waals surface area contributed by atoms with E-state index in [2.05, 4.69) is 40.8 Å². The fourth-order valence-corrected chi connectivity index (χ4v) is 10.2. The van der Waals surface area contributed by atoms with E-state index >= 15 is 0 Å². The van der Waals surface area contributed by atoms with Gasteiger partial charge in [-0.1, -0.05) is 113 Å². The summed E-state index contributed by atoms with van der Waals surface area (Å²) in [4.78, 5) is 57.3. The molecule has 0 radical (unpaired) electrons. The van der Waals surface area contributed by atoms with Crippen LogP contribution in [0.1, 0.15) is 192 Å². The number of carbonyl (C=O) groups is 4. The second-order valence-corrected chi connectivity index (χ2v) is 26.2. The van der Waals surface area contributed by atoms with E-state index in [1.807, 2.05) is 20.8 Å². The number of unbranched alkanes of at least 4 members (excludes halogenated alkanes) is 10. The largest absolute Gasteiger partial charge is 0.453 e.